The molecule has 0 saturated carbocycles. The van der Waals surface area contributed by atoms with Gasteiger partial charge in [-0.2, -0.15) is 9.40 Å². The monoisotopic (exact) mass is 428 g/mol. The highest BCUT2D eigenvalue weighted by Gasteiger charge is 2.30. The molecule has 30 heavy (non-hydrogen) atoms. The molecular formula is C20H24N6O3S. The molecule has 1 saturated heterocycles. The van der Waals surface area contributed by atoms with Gasteiger partial charge in [-0.1, -0.05) is 30.3 Å². The van der Waals surface area contributed by atoms with Crippen molar-refractivity contribution < 1.29 is 13.2 Å². The van der Waals surface area contributed by atoms with E-state index >= 15 is 0 Å². The number of hydrogen-bond donors (Lipinski definition) is 1. The summed E-state index contributed by atoms with van der Waals surface area (Å²) in [6, 6.07) is 10.7. The highest BCUT2D eigenvalue weighted by molar-refractivity contribution is 7.89. The van der Waals surface area contributed by atoms with E-state index in [4.69, 9.17) is 0 Å². The molecule has 158 valence electrons. The maximum Gasteiger partial charge on any atom is 0.268 e. The molecule has 1 atom stereocenters. The van der Waals surface area contributed by atoms with Gasteiger partial charge in [0.15, 0.2) is 0 Å². The molecule has 1 fully saturated rings. The van der Waals surface area contributed by atoms with Crippen molar-refractivity contribution in [3.05, 3.63) is 66.5 Å². The van der Waals surface area contributed by atoms with Crippen molar-refractivity contribution in [1.82, 2.24) is 29.0 Å². The van der Waals surface area contributed by atoms with Gasteiger partial charge in [0.25, 0.3) is 5.91 Å². The van der Waals surface area contributed by atoms with Crippen molar-refractivity contribution in [2.75, 3.05) is 13.1 Å². The summed E-state index contributed by atoms with van der Waals surface area (Å²) in [5.41, 5.74) is 1.20. The van der Waals surface area contributed by atoms with Gasteiger partial charge in [-0.15, -0.1) is 0 Å². The lowest BCUT2D eigenvalue weighted by atomic mass is 10.1. The quantitative estimate of drug-likeness (QED) is 0.615. The largest absolute Gasteiger partial charge is 0.345 e. The van der Waals surface area contributed by atoms with Gasteiger partial charge >= 0.3 is 0 Å². The van der Waals surface area contributed by atoms with E-state index in [1.165, 1.54) is 22.9 Å². The number of carbonyl (C=O) groups excluding carboxylic acids is 1. The first-order valence-corrected chi connectivity index (χ1v) is 11.2. The molecule has 0 bridgehead atoms. The average molecular weight is 429 g/mol. The van der Waals surface area contributed by atoms with E-state index < -0.39 is 10.0 Å². The van der Waals surface area contributed by atoms with Gasteiger partial charge in [0, 0.05) is 26.3 Å². The number of benzene rings is 1. The van der Waals surface area contributed by atoms with Crippen molar-refractivity contribution >= 4 is 15.9 Å². The summed E-state index contributed by atoms with van der Waals surface area (Å²) in [6.45, 7) is 1.44. The smallest absolute Gasteiger partial charge is 0.268 e. The molecule has 1 N–H and O–H groups in total. The van der Waals surface area contributed by atoms with Crippen LogP contribution in [0, 0.1) is 0 Å². The van der Waals surface area contributed by atoms with E-state index in [9.17, 15) is 13.2 Å². The Hall–Kier alpha value is -2.98. The SMILES string of the molecule is Cn1cc(S(=O)(=O)N2CCCC2)cc1C(=O)NC(Cn1cncn1)c1ccccc1. The molecule has 4 rings (SSSR count). The number of amides is 1. The molecule has 3 heterocycles. The number of aromatic nitrogens is 4. The lowest BCUT2D eigenvalue weighted by molar-refractivity contribution is 0.0923. The van der Waals surface area contributed by atoms with Crippen LogP contribution in [-0.2, 0) is 23.6 Å². The van der Waals surface area contributed by atoms with Crippen molar-refractivity contribution in [3.8, 4) is 0 Å². The number of rotatable bonds is 7. The molecule has 0 spiro atoms. The third-order valence-electron chi connectivity index (χ3n) is 5.26. The first kappa shape index (κ1) is 20.3. The molecule has 9 nitrogen and oxygen atoms in total. The predicted octanol–water partition coefficient (Wildman–Crippen LogP) is 1.57. The first-order chi connectivity index (χ1) is 14.4. The summed E-state index contributed by atoms with van der Waals surface area (Å²) in [7, 11) is -1.91. The standard InChI is InChI=1S/C20H24N6O3S/c1-24-12-17(30(28,29)26-9-5-6-10-26)11-19(24)20(27)23-18(13-25-15-21-14-22-25)16-7-3-2-4-8-16/h2-4,7-8,11-12,14-15,18H,5-6,9-10,13H2,1H3,(H,23,27). The van der Waals surface area contributed by atoms with Crippen LogP contribution < -0.4 is 5.32 Å². The number of carbonyl (C=O) groups is 1. The maximum absolute atomic E-state index is 13.1. The Morgan fingerprint density at radius 2 is 1.93 bits per heavy atom. The predicted molar refractivity (Wildman–Crippen MR) is 110 cm³/mol. The molecule has 3 aromatic rings. The van der Waals surface area contributed by atoms with Crippen molar-refractivity contribution in [3.63, 3.8) is 0 Å². The van der Waals surface area contributed by atoms with E-state index in [2.05, 4.69) is 15.4 Å². The Bertz CT molecular complexity index is 1100. The fourth-order valence-electron chi connectivity index (χ4n) is 3.64. The van der Waals surface area contributed by atoms with Gasteiger partial charge in [0.2, 0.25) is 10.0 Å². The van der Waals surface area contributed by atoms with Gasteiger partial charge < -0.3 is 9.88 Å². The second kappa shape index (κ2) is 8.41. The Labute approximate surface area is 175 Å². The minimum atomic E-state index is -3.59. The topological polar surface area (TPSA) is 102 Å². The van der Waals surface area contributed by atoms with E-state index in [1.807, 2.05) is 30.3 Å². The van der Waals surface area contributed by atoms with Crippen LogP contribution in [0.1, 0.15) is 34.9 Å². The van der Waals surface area contributed by atoms with Crippen molar-refractivity contribution in [2.45, 2.75) is 30.3 Å². The van der Waals surface area contributed by atoms with Gasteiger partial charge in [-0.05, 0) is 24.5 Å². The molecule has 1 amide bonds. The third kappa shape index (κ3) is 4.14. The number of hydrogen-bond acceptors (Lipinski definition) is 5. The van der Waals surface area contributed by atoms with Crippen LogP contribution in [0.3, 0.4) is 0 Å². The van der Waals surface area contributed by atoms with E-state index in [-0.39, 0.29) is 22.5 Å². The number of nitrogens with zero attached hydrogens (tertiary/aromatic N) is 5. The first-order valence-electron chi connectivity index (χ1n) is 9.80. The molecular weight excluding hydrogens is 404 g/mol. The molecule has 1 aromatic carbocycles. The van der Waals surface area contributed by atoms with Crippen LogP contribution in [-0.4, -0.2) is 51.1 Å². The Balaban J connectivity index is 1.57. The number of sulfonamides is 1. The fourth-order valence-corrected chi connectivity index (χ4v) is 5.23. The highest BCUT2D eigenvalue weighted by atomic mass is 32.2. The highest BCUT2D eigenvalue weighted by Crippen LogP contribution is 2.23. The minimum absolute atomic E-state index is 0.143. The zero-order chi connectivity index (χ0) is 21.1. The third-order valence-corrected chi connectivity index (χ3v) is 7.12. The summed E-state index contributed by atoms with van der Waals surface area (Å²) in [4.78, 5) is 17.1. The normalized spacial score (nSPS) is 15.9. The Morgan fingerprint density at radius 1 is 1.20 bits per heavy atom. The minimum Gasteiger partial charge on any atom is -0.345 e. The van der Waals surface area contributed by atoms with Crippen LogP contribution in [0.4, 0.5) is 0 Å². The molecule has 1 aliphatic heterocycles. The zero-order valence-electron chi connectivity index (χ0n) is 16.7. The average Bonchev–Trinajstić information content (AvgIpc) is 3.50. The molecule has 0 aliphatic carbocycles. The second-order valence-electron chi connectivity index (χ2n) is 7.34. The molecule has 10 heteroatoms. The maximum atomic E-state index is 13.1. The molecule has 1 unspecified atom stereocenters. The van der Waals surface area contributed by atoms with Gasteiger partial charge in [0.1, 0.15) is 23.2 Å². The number of aryl methyl sites for hydroxylation is 1. The Kier molecular flexibility index (Phi) is 5.69. The van der Waals surface area contributed by atoms with E-state index in [0.29, 0.717) is 19.6 Å². The second-order valence-corrected chi connectivity index (χ2v) is 9.28. The van der Waals surface area contributed by atoms with Gasteiger partial charge in [0.05, 0.1) is 12.6 Å². The molecule has 0 radical (unpaired) electrons. The lowest BCUT2D eigenvalue weighted by Crippen LogP contribution is -2.32. The lowest BCUT2D eigenvalue weighted by Gasteiger charge is -2.19. The van der Waals surface area contributed by atoms with Gasteiger partial charge in [-0.3, -0.25) is 9.48 Å². The van der Waals surface area contributed by atoms with Gasteiger partial charge in [-0.25, -0.2) is 13.4 Å². The van der Waals surface area contributed by atoms with Crippen LogP contribution >= 0.6 is 0 Å². The summed E-state index contributed by atoms with van der Waals surface area (Å²) in [5, 5.41) is 7.13. The summed E-state index contributed by atoms with van der Waals surface area (Å²) in [5.74, 6) is -0.352. The van der Waals surface area contributed by atoms with Crippen LogP contribution in [0.5, 0.6) is 0 Å². The summed E-state index contributed by atoms with van der Waals surface area (Å²) < 4.78 is 30.4. The summed E-state index contributed by atoms with van der Waals surface area (Å²) in [6.07, 6.45) is 6.25. The van der Waals surface area contributed by atoms with E-state index in [0.717, 1.165) is 18.4 Å². The molecule has 1 aliphatic rings. The molecule has 2 aromatic heterocycles. The fraction of sp³-hybridized carbons (Fsp3) is 0.350. The van der Waals surface area contributed by atoms with Crippen LogP contribution in [0.25, 0.3) is 0 Å². The van der Waals surface area contributed by atoms with Crippen molar-refractivity contribution in [2.24, 2.45) is 7.05 Å². The summed E-state index contributed by atoms with van der Waals surface area (Å²) >= 11 is 0. The van der Waals surface area contributed by atoms with Crippen molar-refractivity contribution in [1.29, 1.82) is 0 Å². The van der Waals surface area contributed by atoms with Crippen LogP contribution in [0.15, 0.2) is 60.1 Å². The zero-order valence-corrected chi connectivity index (χ0v) is 17.5. The number of nitrogens with one attached hydrogen (secondary N) is 1. The van der Waals surface area contributed by atoms with E-state index in [1.54, 1.807) is 22.6 Å². The Morgan fingerprint density at radius 3 is 2.60 bits per heavy atom. The van der Waals surface area contributed by atoms with Crippen LogP contribution in [0.2, 0.25) is 0 Å².